The van der Waals surface area contributed by atoms with Gasteiger partial charge in [-0.05, 0) is 31.4 Å². The van der Waals surface area contributed by atoms with Crippen LogP contribution in [0.3, 0.4) is 0 Å². The highest BCUT2D eigenvalue weighted by Gasteiger charge is 2.52. The molecule has 1 aromatic carbocycles. The van der Waals surface area contributed by atoms with E-state index >= 15 is 0 Å². The Morgan fingerprint density at radius 3 is 2.67 bits per heavy atom. The zero-order chi connectivity index (χ0) is 17.7. The maximum Gasteiger partial charge on any atom is 0.345 e. The lowest BCUT2D eigenvalue weighted by Crippen LogP contribution is -2.48. The van der Waals surface area contributed by atoms with Crippen LogP contribution in [0.1, 0.15) is 31.2 Å². The number of alkyl halides is 1. The smallest absolute Gasteiger partial charge is 0.345 e. The molecule has 0 aliphatic heterocycles. The molecule has 7 heteroatoms. The number of esters is 1. The van der Waals surface area contributed by atoms with Gasteiger partial charge in [-0.25, -0.2) is 9.18 Å². The van der Waals surface area contributed by atoms with Crippen molar-refractivity contribution in [3.05, 3.63) is 23.8 Å². The van der Waals surface area contributed by atoms with Crippen LogP contribution < -0.4 is 9.47 Å². The third-order valence-corrected chi connectivity index (χ3v) is 4.33. The van der Waals surface area contributed by atoms with E-state index < -0.39 is 23.5 Å². The molecular formula is C17H21FO6. The van der Waals surface area contributed by atoms with Gasteiger partial charge in [-0.1, -0.05) is 6.42 Å². The average molecular weight is 340 g/mol. The van der Waals surface area contributed by atoms with Crippen LogP contribution in [0.5, 0.6) is 11.5 Å². The Hall–Kier alpha value is -2.31. The minimum atomic E-state index is -2.48. The van der Waals surface area contributed by atoms with E-state index in [9.17, 15) is 14.0 Å². The molecule has 1 fully saturated rings. The highest BCUT2D eigenvalue weighted by molar-refractivity contribution is 5.87. The fourth-order valence-electron chi connectivity index (χ4n) is 2.93. The van der Waals surface area contributed by atoms with Crippen LogP contribution in [0.2, 0.25) is 0 Å². The van der Waals surface area contributed by atoms with Gasteiger partial charge in [-0.2, -0.15) is 0 Å². The first-order chi connectivity index (χ1) is 11.4. The van der Waals surface area contributed by atoms with Gasteiger partial charge < -0.3 is 19.3 Å². The molecule has 1 saturated carbocycles. The summed E-state index contributed by atoms with van der Waals surface area (Å²) >= 11 is 0. The molecule has 24 heavy (non-hydrogen) atoms. The number of carboxylic acids is 1. The van der Waals surface area contributed by atoms with Crippen LogP contribution in [-0.4, -0.2) is 36.9 Å². The van der Waals surface area contributed by atoms with E-state index in [2.05, 4.69) is 0 Å². The molecule has 0 heterocycles. The zero-order valence-corrected chi connectivity index (χ0v) is 13.7. The SMILES string of the molecule is COc1ccc(COC(=O)[C@@]2(F)CCCC[C@H]2C(=O)O)c(OC)c1. The molecule has 0 bridgehead atoms. The molecule has 1 aromatic rings. The van der Waals surface area contributed by atoms with E-state index in [0.717, 1.165) is 0 Å². The monoisotopic (exact) mass is 340 g/mol. The Bertz CT molecular complexity index is 617. The summed E-state index contributed by atoms with van der Waals surface area (Å²) in [6, 6.07) is 4.93. The van der Waals surface area contributed by atoms with E-state index in [1.54, 1.807) is 18.2 Å². The van der Waals surface area contributed by atoms with Crippen LogP contribution in [0, 0.1) is 5.92 Å². The molecule has 0 saturated heterocycles. The van der Waals surface area contributed by atoms with E-state index in [1.165, 1.54) is 14.2 Å². The summed E-state index contributed by atoms with van der Waals surface area (Å²) in [6.07, 6.45) is 1.04. The van der Waals surface area contributed by atoms with Crippen molar-refractivity contribution in [3.8, 4) is 11.5 Å². The molecule has 2 atom stereocenters. The molecule has 132 valence electrons. The van der Waals surface area contributed by atoms with Crippen LogP contribution in [0.15, 0.2) is 18.2 Å². The van der Waals surface area contributed by atoms with Gasteiger partial charge in [0.15, 0.2) is 0 Å². The Balaban J connectivity index is 2.10. The molecule has 0 spiro atoms. The molecule has 0 aromatic heterocycles. The van der Waals surface area contributed by atoms with Crippen LogP contribution in [-0.2, 0) is 20.9 Å². The van der Waals surface area contributed by atoms with Gasteiger partial charge in [0.2, 0.25) is 5.67 Å². The van der Waals surface area contributed by atoms with Crippen molar-refractivity contribution in [2.24, 2.45) is 5.92 Å². The number of aliphatic carboxylic acids is 1. The zero-order valence-electron chi connectivity index (χ0n) is 13.7. The largest absolute Gasteiger partial charge is 0.497 e. The Kier molecular flexibility index (Phi) is 5.64. The average Bonchev–Trinajstić information content (AvgIpc) is 2.59. The van der Waals surface area contributed by atoms with Crippen LogP contribution in [0.25, 0.3) is 0 Å². The summed E-state index contributed by atoms with van der Waals surface area (Å²) in [6.45, 7) is -0.204. The predicted octanol–water partition coefficient (Wildman–Crippen LogP) is 2.73. The molecule has 1 N–H and O–H groups in total. The standard InChI is InChI=1S/C17H21FO6/c1-22-12-7-6-11(14(9-12)23-2)10-24-16(21)17(18)8-4-3-5-13(17)15(19)20/h6-7,9,13H,3-5,8,10H2,1-2H3,(H,19,20)/t13-,17+/m0/s1. The fraction of sp³-hybridized carbons (Fsp3) is 0.529. The van der Waals surface area contributed by atoms with Gasteiger partial charge in [0, 0.05) is 11.6 Å². The molecule has 1 aliphatic rings. The summed E-state index contributed by atoms with van der Waals surface area (Å²) in [5.74, 6) is -2.80. The number of ether oxygens (including phenoxy) is 3. The van der Waals surface area contributed by atoms with E-state index in [4.69, 9.17) is 19.3 Å². The molecule has 0 unspecified atom stereocenters. The second kappa shape index (κ2) is 7.51. The first kappa shape index (κ1) is 18.0. The Morgan fingerprint density at radius 1 is 1.29 bits per heavy atom. The summed E-state index contributed by atoms with van der Waals surface area (Å²) in [5.41, 5.74) is -1.94. The summed E-state index contributed by atoms with van der Waals surface area (Å²) < 4.78 is 30.3. The third-order valence-electron chi connectivity index (χ3n) is 4.33. The van der Waals surface area contributed by atoms with Crippen molar-refractivity contribution < 1.29 is 33.3 Å². The number of benzene rings is 1. The number of methoxy groups -OCH3 is 2. The van der Waals surface area contributed by atoms with Crippen LogP contribution >= 0.6 is 0 Å². The summed E-state index contributed by atoms with van der Waals surface area (Å²) in [4.78, 5) is 23.4. The first-order valence-corrected chi connectivity index (χ1v) is 7.72. The lowest BCUT2D eigenvalue weighted by Gasteiger charge is -2.32. The molecule has 0 radical (unpaired) electrons. The lowest BCUT2D eigenvalue weighted by molar-refractivity contribution is -0.174. The van der Waals surface area contributed by atoms with Crippen molar-refractivity contribution in [1.29, 1.82) is 0 Å². The fourth-order valence-corrected chi connectivity index (χ4v) is 2.93. The number of carbonyl (C=O) groups is 2. The molecule has 2 rings (SSSR count). The number of rotatable bonds is 6. The number of hydrogen-bond donors (Lipinski definition) is 1. The van der Waals surface area contributed by atoms with Crippen molar-refractivity contribution in [2.45, 2.75) is 38.0 Å². The molecular weight excluding hydrogens is 319 g/mol. The Morgan fingerprint density at radius 2 is 2.04 bits per heavy atom. The topological polar surface area (TPSA) is 82.1 Å². The van der Waals surface area contributed by atoms with E-state index in [0.29, 0.717) is 29.9 Å². The van der Waals surface area contributed by atoms with Gasteiger partial charge >= 0.3 is 11.9 Å². The normalized spacial score (nSPS) is 23.4. The van der Waals surface area contributed by atoms with Crippen molar-refractivity contribution >= 4 is 11.9 Å². The maximum atomic E-state index is 15.0. The molecule has 0 amide bonds. The van der Waals surface area contributed by atoms with Gasteiger partial charge in [0.1, 0.15) is 24.0 Å². The third kappa shape index (κ3) is 3.60. The number of carbonyl (C=O) groups excluding carboxylic acids is 1. The molecule has 1 aliphatic carbocycles. The minimum Gasteiger partial charge on any atom is -0.497 e. The summed E-state index contributed by atoms with van der Waals surface area (Å²) in [5, 5.41) is 9.17. The van der Waals surface area contributed by atoms with E-state index in [1.807, 2.05) is 0 Å². The van der Waals surface area contributed by atoms with Crippen LogP contribution in [0.4, 0.5) is 4.39 Å². The predicted molar refractivity (Wildman–Crippen MR) is 82.8 cm³/mol. The minimum absolute atomic E-state index is 0.132. The van der Waals surface area contributed by atoms with Gasteiger partial charge in [-0.15, -0.1) is 0 Å². The number of carboxylic acid groups (broad SMARTS) is 1. The molecule has 6 nitrogen and oxygen atoms in total. The number of hydrogen-bond acceptors (Lipinski definition) is 5. The quantitative estimate of drug-likeness (QED) is 0.802. The second-order valence-corrected chi connectivity index (χ2v) is 5.75. The Labute approximate surface area is 139 Å². The number of halogens is 1. The van der Waals surface area contributed by atoms with Gasteiger partial charge in [0.25, 0.3) is 0 Å². The van der Waals surface area contributed by atoms with Crippen molar-refractivity contribution in [2.75, 3.05) is 14.2 Å². The van der Waals surface area contributed by atoms with Gasteiger partial charge in [0.05, 0.1) is 14.2 Å². The van der Waals surface area contributed by atoms with E-state index in [-0.39, 0.29) is 19.4 Å². The highest BCUT2D eigenvalue weighted by Crippen LogP contribution is 2.39. The second-order valence-electron chi connectivity index (χ2n) is 5.75. The van der Waals surface area contributed by atoms with Crippen molar-refractivity contribution in [1.82, 2.24) is 0 Å². The highest BCUT2D eigenvalue weighted by atomic mass is 19.1. The maximum absolute atomic E-state index is 15.0. The first-order valence-electron chi connectivity index (χ1n) is 7.72. The lowest BCUT2D eigenvalue weighted by atomic mass is 9.76. The van der Waals surface area contributed by atoms with Gasteiger partial charge in [-0.3, -0.25) is 4.79 Å². The summed E-state index contributed by atoms with van der Waals surface area (Å²) in [7, 11) is 2.97. The van der Waals surface area contributed by atoms with Crippen molar-refractivity contribution in [3.63, 3.8) is 0 Å².